The Bertz CT molecular complexity index is 594. The molecule has 1 aromatic rings. The van der Waals surface area contributed by atoms with Crippen LogP contribution in [0.15, 0.2) is 0 Å². The molecule has 2 heterocycles. The Labute approximate surface area is 158 Å². The Balaban J connectivity index is 1.61. The molecule has 2 N–H and O–H groups in total. The highest BCUT2D eigenvalue weighted by Crippen LogP contribution is 2.31. The summed E-state index contributed by atoms with van der Waals surface area (Å²) < 4.78 is 0. The normalized spacial score (nSPS) is 26.9. The van der Waals surface area contributed by atoms with Crippen LogP contribution in [-0.4, -0.2) is 42.2 Å². The largest absolute Gasteiger partial charge is 0.356 e. The molecule has 0 bridgehead atoms. The van der Waals surface area contributed by atoms with Gasteiger partial charge in [-0.3, -0.25) is 0 Å². The summed E-state index contributed by atoms with van der Waals surface area (Å²) in [5.41, 5.74) is 2.75. The third kappa shape index (κ3) is 3.98. The summed E-state index contributed by atoms with van der Waals surface area (Å²) in [5.74, 6) is 2.12. The van der Waals surface area contributed by atoms with Gasteiger partial charge in [-0.05, 0) is 58.4 Å². The summed E-state index contributed by atoms with van der Waals surface area (Å²) in [5, 5.41) is 7.21. The molecular formula is C21H35N5. The topological polar surface area (TPSA) is 53.1 Å². The van der Waals surface area contributed by atoms with Crippen LogP contribution in [-0.2, 0) is 12.8 Å². The van der Waals surface area contributed by atoms with Crippen molar-refractivity contribution in [1.29, 1.82) is 0 Å². The highest BCUT2D eigenvalue weighted by atomic mass is 15.2. The highest BCUT2D eigenvalue weighted by Gasteiger charge is 2.27. The monoisotopic (exact) mass is 357 g/mol. The first-order valence-electron chi connectivity index (χ1n) is 10.9. The van der Waals surface area contributed by atoms with E-state index in [9.17, 15) is 0 Å². The van der Waals surface area contributed by atoms with Crippen LogP contribution in [0.3, 0.4) is 0 Å². The second-order valence-electron chi connectivity index (χ2n) is 8.33. The fraction of sp³-hybridized carbons (Fsp3) is 0.810. The molecule has 2 atom stereocenters. The van der Waals surface area contributed by atoms with E-state index < -0.39 is 0 Å². The molecule has 0 amide bonds. The van der Waals surface area contributed by atoms with Crippen molar-refractivity contribution >= 4 is 11.8 Å². The maximum atomic E-state index is 5.09. The summed E-state index contributed by atoms with van der Waals surface area (Å²) in [6.07, 6.45) is 15.2. The summed E-state index contributed by atoms with van der Waals surface area (Å²) in [4.78, 5) is 12.6. The number of aromatic nitrogens is 2. The van der Waals surface area contributed by atoms with Gasteiger partial charge in [-0.25, -0.2) is 4.98 Å². The van der Waals surface area contributed by atoms with E-state index in [1.807, 2.05) is 0 Å². The molecule has 5 nitrogen and oxygen atoms in total. The van der Waals surface area contributed by atoms with E-state index in [2.05, 4.69) is 22.6 Å². The van der Waals surface area contributed by atoms with Gasteiger partial charge in [0, 0.05) is 30.7 Å². The number of anilines is 2. The summed E-state index contributed by atoms with van der Waals surface area (Å²) in [6, 6.07) is 0.984. The van der Waals surface area contributed by atoms with Gasteiger partial charge in [-0.15, -0.1) is 0 Å². The zero-order chi connectivity index (χ0) is 17.8. The fourth-order valence-electron chi connectivity index (χ4n) is 5.00. The number of likely N-dealkylation sites (N-methyl/N-ethyl adjacent to an activating group) is 1. The number of hydrogen-bond acceptors (Lipinski definition) is 5. The molecule has 1 saturated carbocycles. The van der Waals surface area contributed by atoms with Gasteiger partial charge in [0.15, 0.2) is 0 Å². The average Bonchev–Trinajstić information content (AvgIpc) is 2.97. The van der Waals surface area contributed by atoms with Crippen molar-refractivity contribution in [3.8, 4) is 0 Å². The van der Waals surface area contributed by atoms with E-state index in [0.29, 0.717) is 12.1 Å². The maximum Gasteiger partial charge on any atom is 0.225 e. The maximum absolute atomic E-state index is 5.09. The van der Waals surface area contributed by atoms with Crippen molar-refractivity contribution in [3.63, 3.8) is 0 Å². The van der Waals surface area contributed by atoms with Crippen molar-refractivity contribution in [2.45, 2.75) is 89.1 Å². The van der Waals surface area contributed by atoms with Crippen LogP contribution in [0.25, 0.3) is 0 Å². The van der Waals surface area contributed by atoms with Crippen LogP contribution in [0.2, 0.25) is 0 Å². The zero-order valence-corrected chi connectivity index (χ0v) is 16.4. The number of nitrogens with one attached hydrogen (secondary N) is 2. The lowest BCUT2D eigenvalue weighted by Crippen LogP contribution is -2.45. The molecule has 0 radical (unpaired) electrons. The first-order chi connectivity index (χ1) is 12.8. The van der Waals surface area contributed by atoms with Crippen LogP contribution in [0.1, 0.15) is 75.5 Å². The lowest BCUT2D eigenvalue weighted by molar-refractivity contribution is 0.360. The Morgan fingerprint density at radius 1 is 0.808 bits per heavy atom. The SMILES string of the molecule is CNC1CCCCC1Nc1nc2c(c(N3CCCCCC3)n1)CCCC2. The zero-order valence-electron chi connectivity index (χ0n) is 16.4. The molecule has 2 unspecified atom stereocenters. The van der Waals surface area contributed by atoms with E-state index in [1.54, 1.807) is 0 Å². The van der Waals surface area contributed by atoms with Gasteiger partial charge in [0.2, 0.25) is 5.95 Å². The third-order valence-corrected chi connectivity index (χ3v) is 6.52. The van der Waals surface area contributed by atoms with Crippen LogP contribution in [0.5, 0.6) is 0 Å². The molecular weight excluding hydrogens is 322 g/mol. The van der Waals surface area contributed by atoms with Gasteiger partial charge in [-0.2, -0.15) is 4.98 Å². The van der Waals surface area contributed by atoms with Crippen molar-refractivity contribution in [1.82, 2.24) is 15.3 Å². The number of rotatable bonds is 4. The first-order valence-corrected chi connectivity index (χ1v) is 10.9. The summed E-state index contributed by atoms with van der Waals surface area (Å²) in [7, 11) is 2.08. The predicted octanol–water partition coefficient (Wildman–Crippen LogP) is 3.68. The van der Waals surface area contributed by atoms with Gasteiger partial charge in [0.1, 0.15) is 5.82 Å². The van der Waals surface area contributed by atoms with E-state index in [1.165, 1.54) is 81.3 Å². The Morgan fingerprint density at radius 3 is 2.31 bits per heavy atom. The molecule has 144 valence electrons. The van der Waals surface area contributed by atoms with Gasteiger partial charge in [0.05, 0.1) is 5.69 Å². The second kappa shape index (κ2) is 8.55. The lowest BCUT2D eigenvalue weighted by atomic mass is 9.90. The molecule has 2 fully saturated rings. The number of aryl methyl sites for hydroxylation is 1. The number of nitrogens with zero attached hydrogens (tertiary/aromatic N) is 3. The van der Waals surface area contributed by atoms with Crippen molar-refractivity contribution in [2.75, 3.05) is 30.4 Å². The third-order valence-electron chi connectivity index (χ3n) is 6.52. The minimum atomic E-state index is 0.451. The van der Waals surface area contributed by atoms with Gasteiger partial charge in [-0.1, -0.05) is 25.7 Å². The minimum Gasteiger partial charge on any atom is -0.356 e. The van der Waals surface area contributed by atoms with Gasteiger partial charge >= 0.3 is 0 Å². The van der Waals surface area contributed by atoms with Crippen LogP contribution in [0, 0.1) is 0 Å². The van der Waals surface area contributed by atoms with E-state index in [0.717, 1.165) is 31.9 Å². The van der Waals surface area contributed by atoms with Crippen molar-refractivity contribution in [2.24, 2.45) is 0 Å². The standard InChI is InChI=1S/C21H35N5/c1-22-18-12-6-7-13-19(18)24-21-23-17-11-5-4-10-16(17)20(25-21)26-14-8-2-3-9-15-26/h18-19,22H,2-15H2,1H3,(H,23,24,25). The molecule has 0 spiro atoms. The van der Waals surface area contributed by atoms with E-state index >= 15 is 0 Å². The smallest absolute Gasteiger partial charge is 0.225 e. The van der Waals surface area contributed by atoms with Gasteiger partial charge in [0.25, 0.3) is 0 Å². The van der Waals surface area contributed by atoms with E-state index in [-0.39, 0.29) is 0 Å². The molecule has 1 aliphatic heterocycles. The minimum absolute atomic E-state index is 0.451. The predicted molar refractivity (Wildman–Crippen MR) is 108 cm³/mol. The van der Waals surface area contributed by atoms with Crippen LogP contribution >= 0.6 is 0 Å². The molecule has 3 aliphatic rings. The van der Waals surface area contributed by atoms with Crippen LogP contribution < -0.4 is 15.5 Å². The number of fused-ring (bicyclic) bond motifs is 1. The molecule has 26 heavy (non-hydrogen) atoms. The molecule has 2 aliphatic carbocycles. The molecule has 5 heteroatoms. The summed E-state index contributed by atoms with van der Waals surface area (Å²) in [6.45, 7) is 2.32. The highest BCUT2D eigenvalue weighted by molar-refractivity contribution is 5.54. The first kappa shape index (κ1) is 18.0. The Hall–Kier alpha value is -1.36. The van der Waals surface area contributed by atoms with Crippen molar-refractivity contribution in [3.05, 3.63) is 11.3 Å². The number of hydrogen-bond donors (Lipinski definition) is 2. The molecule has 1 saturated heterocycles. The van der Waals surface area contributed by atoms with Crippen molar-refractivity contribution < 1.29 is 0 Å². The fourth-order valence-corrected chi connectivity index (χ4v) is 5.00. The lowest BCUT2D eigenvalue weighted by Gasteiger charge is -2.33. The summed E-state index contributed by atoms with van der Waals surface area (Å²) >= 11 is 0. The molecule has 1 aromatic heterocycles. The quantitative estimate of drug-likeness (QED) is 0.861. The Kier molecular flexibility index (Phi) is 5.93. The second-order valence-corrected chi connectivity index (χ2v) is 8.33. The molecule has 4 rings (SSSR count). The molecule has 0 aromatic carbocycles. The average molecular weight is 358 g/mol. The Morgan fingerprint density at radius 2 is 1.54 bits per heavy atom. The van der Waals surface area contributed by atoms with Crippen LogP contribution in [0.4, 0.5) is 11.8 Å². The van der Waals surface area contributed by atoms with Gasteiger partial charge < -0.3 is 15.5 Å². The van der Waals surface area contributed by atoms with E-state index in [4.69, 9.17) is 9.97 Å².